The lowest BCUT2D eigenvalue weighted by atomic mass is 10.1. The second-order valence-corrected chi connectivity index (χ2v) is 4.30. The van der Waals surface area contributed by atoms with E-state index < -0.39 is 0 Å². The van der Waals surface area contributed by atoms with Crippen molar-refractivity contribution in [2.24, 2.45) is 5.73 Å². The SMILES string of the molecule is CCN(CCOC)Cc1cc(C(=N)N)ccc1OC. The maximum Gasteiger partial charge on any atom is 0.123 e. The van der Waals surface area contributed by atoms with E-state index in [0.717, 1.165) is 36.5 Å². The number of hydrogen-bond donors (Lipinski definition) is 2. The van der Waals surface area contributed by atoms with Crippen molar-refractivity contribution in [3.63, 3.8) is 0 Å². The molecule has 3 N–H and O–H groups in total. The number of nitrogens with zero attached hydrogens (tertiary/aromatic N) is 1. The quantitative estimate of drug-likeness (QED) is 0.551. The molecule has 0 saturated carbocycles. The molecule has 0 aromatic heterocycles. The van der Waals surface area contributed by atoms with Gasteiger partial charge in [0.2, 0.25) is 0 Å². The van der Waals surface area contributed by atoms with E-state index in [1.54, 1.807) is 20.3 Å². The number of nitrogens with one attached hydrogen (secondary N) is 1. The largest absolute Gasteiger partial charge is 0.496 e. The third-order valence-corrected chi connectivity index (χ3v) is 3.04. The van der Waals surface area contributed by atoms with Crippen molar-refractivity contribution in [1.82, 2.24) is 4.90 Å². The third kappa shape index (κ3) is 4.54. The Bertz CT molecular complexity index is 421. The molecular weight excluding hydrogens is 242 g/mol. The lowest BCUT2D eigenvalue weighted by Gasteiger charge is -2.21. The van der Waals surface area contributed by atoms with Crippen molar-refractivity contribution in [1.29, 1.82) is 5.41 Å². The van der Waals surface area contributed by atoms with Crippen molar-refractivity contribution < 1.29 is 9.47 Å². The lowest BCUT2D eigenvalue weighted by molar-refractivity contribution is 0.147. The molecule has 1 rings (SSSR count). The third-order valence-electron chi connectivity index (χ3n) is 3.04. The fourth-order valence-electron chi connectivity index (χ4n) is 1.88. The molecular formula is C14H23N3O2. The molecule has 0 radical (unpaired) electrons. The summed E-state index contributed by atoms with van der Waals surface area (Å²) in [6, 6.07) is 5.57. The zero-order valence-corrected chi connectivity index (χ0v) is 11.9. The highest BCUT2D eigenvalue weighted by atomic mass is 16.5. The van der Waals surface area contributed by atoms with Gasteiger partial charge < -0.3 is 15.2 Å². The maximum atomic E-state index is 7.50. The predicted molar refractivity (Wildman–Crippen MR) is 76.8 cm³/mol. The van der Waals surface area contributed by atoms with Crippen molar-refractivity contribution in [3.05, 3.63) is 29.3 Å². The number of likely N-dealkylation sites (N-methyl/N-ethyl adjacent to an activating group) is 1. The number of ether oxygens (including phenoxy) is 2. The fraction of sp³-hybridized carbons (Fsp3) is 0.500. The Balaban J connectivity index is 2.89. The van der Waals surface area contributed by atoms with E-state index in [9.17, 15) is 0 Å². The van der Waals surface area contributed by atoms with Gasteiger partial charge in [0.1, 0.15) is 11.6 Å². The molecule has 0 saturated heterocycles. The molecule has 1 aromatic rings. The molecule has 5 heteroatoms. The van der Waals surface area contributed by atoms with Crippen LogP contribution in [-0.4, -0.2) is 44.7 Å². The van der Waals surface area contributed by atoms with E-state index in [1.165, 1.54) is 0 Å². The Morgan fingerprint density at radius 1 is 1.37 bits per heavy atom. The van der Waals surface area contributed by atoms with E-state index in [-0.39, 0.29) is 5.84 Å². The first-order valence-corrected chi connectivity index (χ1v) is 6.35. The smallest absolute Gasteiger partial charge is 0.123 e. The Kier molecular flexibility index (Phi) is 6.32. The summed E-state index contributed by atoms with van der Waals surface area (Å²) in [6.45, 7) is 5.35. The number of nitrogen functional groups attached to an aromatic ring is 1. The Morgan fingerprint density at radius 3 is 2.63 bits per heavy atom. The molecule has 0 amide bonds. The zero-order valence-electron chi connectivity index (χ0n) is 11.9. The highest BCUT2D eigenvalue weighted by molar-refractivity contribution is 5.95. The van der Waals surface area contributed by atoms with Gasteiger partial charge in [0.15, 0.2) is 0 Å². The van der Waals surface area contributed by atoms with Crippen LogP contribution in [-0.2, 0) is 11.3 Å². The van der Waals surface area contributed by atoms with Crippen LogP contribution >= 0.6 is 0 Å². The van der Waals surface area contributed by atoms with E-state index in [0.29, 0.717) is 6.61 Å². The Morgan fingerprint density at radius 2 is 2.11 bits per heavy atom. The summed E-state index contributed by atoms with van der Waals surface area (Å²) in [5.41, 5.74) is 7.28. The molecule has 0 unspecified atom stereocenters. The molecule has 106 valence electrons. The molecule has 0 spiro atoms. The highest BCUT2D eigenvalue weighted by Gasteiger charge is 2.10. The minimum absolute atomic E-state index is 0.0730. The number of amidine groups is 1. The second-order valence-electron chi connectivity index (χ2n) is 4.30. The molecule has 5 nitrogen and oxygen atoms in total. The normalized spacial score (nSPS) is 10.7. The summed E-state index contributed by atoms with van der Waals surface area (Å²) in [6.07, 6.45) is 0. The minimum atomic E-state index is 0.0730. The van der Waals surface area contributed by atoms with Crippen LogP contribution in [0.2, 0.25) is 0 Å². The highest BCUT2D eigenvalue weighted by Crippen LogP contribution is 2.21. The first kappa shape index (κ1) is 15.5. The first-order chi connectivity index (χ1) is 9.12. The first-order valence-electron chi connectivity index (χ1n) is 6.35. The standard InChI is InChI=1S/C14H23N3O2/c1-4-17(7-8-18-2)10-12-9-11(14(15)16)5-6-13(12)19-3/h5-6,9H,4,7-8,10H2,1-3H3,(H3,15,16). The van der Waals surface area contributed by atoms with Crippen LogP contribution in [0.1, 0.15) is 18.1 Å². The average molecular weight is 265 g/mol. The monoisotopic (exact) mass is 265 g/mol. The average Bonchev–Trinajstić information content (AvgIpc) is 2.43. The molecule has 0 aliphatic heterocycles. The summed E-state index contributed by atoms with van der Waals surface area (Å²) < 4.78 is 10.5. The maximum absolute atomic E-state index is 7.50. The molecule has 0 bridgehead atoms. The molecule has 0 aliphatic carbocycles. The van der Waals surface area contributed by atoms with E-state index in [2.05, 4.69) is 11.8 Å². The van der Waals surface area contributed by atoms with Gasteiger partial charge in [0, 0.05) is 31.3 Å². The number of hydrogen-bond acceptors (Lipinski definition) is 4. The van der Waals surface area contributed by atoms with E-state index in [1.807, 2.05) is 12.1 Å². The fourth-order valence-corrected chi connectivity index (χ4v) is 1.88. The van der Waals surface area contributed by atoms with Gasteiger partial charge in [0.05, 0.1) is 13.7 Å². The second kappa shape index (κ2) is 7.76. The van der Waals surface area contributed by atoms with Gasteiger partial charge in [-0.05, 0) is 24.7 Å². The van der Waals surface area contributed by atoms with Gasteiger partial charge in [-0.25, -0.2) is 0 Å². The molecule has 0 fully saturated rings. The van der Waals surface area contributed by atoms with Crippen LogP contribution in [0.3, 0.4) is 0 Å². The van der Waals surface area contributed by atoms with Gasteiger partial charge in [0.25, 0.3) is 0 Å². The lowest BCUT2D eigenvalue weighted by Crippen LogP contribution is -2.27. The van der Waals surface area contributed by atoms with E-state index in [4.69, 9.17) is 20.6 Å². The molecule has 0 atom stereocenters. The topological polar surface area (TPSA) is 71.6 Å². The summed E-state index contributed by atoms with van der Waals surface area (Å²) in [4.78, 5) is 2.26. The van der Waals surface area contributed by atoms with Crippen LogP contribution in [0.5, 0.6) is 5.75 Å². The van der Waals surface area contributed by atoms with Crippen molar-refractivity contribution in [3.8, 4) is 5.75 Å². The van der Waals surface area contributed by atoms with Gasteiger partial charge in [-0.15, -0.1) is 0 Å². The van der Waals surface area contributed by atoms with Crippen LogP contribution in [0.25, 0.3) is 0 Å². The van der Waals surface area contributed by atoms with Crippen LogP contribution in [0, 0.1) is 5.41 Å². The predicted octanol–water partition coefficient (Wildman–Crippen LogP) is 1.45. The molecule has 0 heterocycles. The Labute approximate surface area is 114 Å². The molecule has 0 aliphatic rings. The summed E-state index contributed by atoms with van der Waals surface area (Å²) >= 11 is 0. The summed E-state index contributed by atoms with van der Waals surface area (Å²) in [5, 5.41) is 7.50. The number of methoxy groups -OCH3 is 2. The number of benzene rings is 1. The van der Waals surface area contributed by atoms with Crippen molar-refractivity contribution in [2.45, 2.75) is 13.5 Å². The van der Waals surface area contributed by atoms with Crippen LogP contribution in [0.4, 0.5) is 0 Å². The van der Waals surface area contributed by atoms with Gasteiger partial charge in [-0.3, -0.25) is 10.3 Å². The minimum Gasteiger partial charge on any atom is -0.496 e. The van der Waals surface area contributed by atoms with Gasteiger partial charge in [-0.2, -0.15) is 0 Å². The van der Waals surface area contributed by atoms with Gasteiger partial charge >= 0.3 is 0 Å². The van der Waals surface area contributed by atoms with Crippen LogP contribution < -0.4 is 10.5 Å². The van der Waals surface area contributed by atoms with Crippen LogP contribution in [0.15, 0.2) is 18.2 Å². The number of nitrogens with two attached hydrogens (primary N) is 1. The Hall–Kier alpha value is -1.59. The van der Waals surface area contributed by atoms with E-state index >= 15 is 0 Å². The summed E-state index contributed by atoms with van der Waals surface area (Å²) in [7, 11) is 3.35. The zero-order chi connectivity index (χ0) is 14.3. The summed E-state index contributed by atoms with van der Waals surface area (Å²) in [5.74, 6) is 0.893. The molecule has 19 heavy (non-hydrogen) atoms. The van der Waals surface area contributed by atoms with Crippen molar-refractivity contribution in [2.75, 3.05) is 33.9 Å². The van der Waals surface area contributed by atoms with Gasteiger partial charge in [-0.1, -0.05) is 6.92 Å². The van der Waals surface area contributed by atoms with Crippen molar-refractivity contribution >= 4 is 5.84 Å². The number of rotatable bonds is 8. The molecule has 1 aromatic carbocycles.